The number of nitrogens with one attached hydrogen (secondary N) is 1. The molecule has 128 valence electrons. The van der Waals surface area contributed by atoms with E-state index in [1.807, 2.05) is 17.7 Å². The van der Waals surface area contributed by atoms with E-state index in [1.54, 1.807) is 6.33 Å². The lowest BCUT2D eigenvalue weighted by Gasteiger charge is -2.57. The zero-order valence-corrected chi connectivity index (χ0v) is 14.2. The monoisotopic (exact) mass is 321 g/mol. The number of nitrogens with zero attached hydrogens (tertiary/aromatic N) is 2. The van der Waals surface area contributed by atoms with Crippen LogP contribution < -0.4 is 5.32 Å². The molecule has 1 saturated heterocycles. The highest BCUT2D eigenvalue weighted by atomic mass is 16.5. The standard InChI is InChI=1S/C17H27N3O3/c1-4-23-15-9-14(17(15)5-7-22-8-6-17)19-16(21)13-10-20(11-18-13)12(2)3/h10-12,14-15H,4-9H2,1-3H3,(H,19,21). The zero-order valence-electron chi connectivity index (χ0n) is 14.2. The summed E-state index contributed by atoms with van der Waals surface area (Å²) in [5.41, 5.74) is 0.519. The van der Waals surface area contributed by atoms with Crippen LogP contribution in [0.5, 0.6) is 0 Å². The Kier molecular flexibility index (Phi) is 4.73. The van der Waals surface area contributed by atoms with Gasteiger partial charge in [0.15, 0.2) is 0 Å². The van der Waals surface area contributed by atoms with Crippen molar-refractivity contribution in [3.8, 4) is 0 Å². The first-order valence-electron chi connectivity index (χ1n) is 8.60. The maximum atomic E-state index is 12.5. The molecule has 2 atom stereocenters. The molecule has 6 heteroatoms. The molecule has 2 fully saturated rings. The number of rotatable bonds is 5. The third-order valence-corrected chi connectivity index (χ3v) is 5.31. The average Bonchev–Trinajstić information content (AvgIpc) is 3.05. The van der Waals surface area contributed by atoms with Crippen molar-refractivity contribution in [3.05, 3.63) is 18.2 Å². The third-order valence-electron chi connectivity index (χ3n) is 5.31. The molecule has 1 aromatic heterocycles. The highest BCUT2D eigenvalue weighted by Gasteiger charge is 2.56. The van der Waals surface area contributed by atoms with E-state index in [0.717, 1.165) is 32.5 Å². The molecule has 2 unspecified atom stereocenters. The lowest BCUT2D eigenvalue weighted by Crippen LogP contribution is -2.66. The van der Waals surface area contributed by atoms with Crippen LogP contribution in [-0.2, 0) is 9.47 Å². The van der Waals surface area contributed by atoms with Gasteiger partial charge in [0, 0.05) is 43.5 Å². The molecule has 1 aliphatic heterocycles. The summed E-state index contributed by atoms with van der Waals surface area (Å²) in [4.78, 5) is 16.7. The number of hydrogen-bond donors (Lipinski definition) is 1. The van der Waals surface area contributed by atoms with E-state index in [-0.39, 0.29) is 23.5 Å². The summed E-state index contributed by atoms with van der Waals surface area (Å²) >= 11 is 0. The summed E-state index contributed by atoms with van der Waals surface area (Å²) < 4.78 is 13.4. The van der Waals surface area contributed by atoms with Crippen molar-refractivity contribution in [1.29, 1.82) is 0 Å². The largest absolute Gasteiger partial charge is 0.381 e. The summed E-state index contributed by atoms with van der Waals surface area (Å²) in [5, 5.41) is 3.18. The maximum absolute atomic E-state index is 12.5. The minimum absolute atomic E-state index is 0.0323. The van der Waals surface area contributed by atoms with Gasteiger partial charge in [-0.05, 0) is 40.0 Å². The molecule has 1 saturated carbocycles. The van der Waals surface area contributed by atoms with Crippen LogP contribution in [-0.4, -0.2) is 47.4 Å². The fourth-order valence-corrected chi connectivity index (χ4v) is 3.78. The Balaban J connectivity index is 1.67. The van der Waals surface area contributed by atoms with Crippen LogP contribution in [0.15, 0.2) is 12.5 Å². The minimum atomic E-state index is -0.0878. The van der Waals surface area contributed by atoms with Gasteiger partial charge in [0.25, 0.3) is 5.91 Å². The molecule has 2 heterocycles. The number of carbonyl (C=O) groups is 1. The predicted molar refractivity (Wildman–Crippen MR) is 86.4 cm³/mol. The number of amides is 1. The lowest BCUT2D eigenvalue weighted by molar-refractivity contribution is -0.170. The van der Waals surface area contributed by atoms with E-state index in [1.165, 1.54) is 0 Å². The van der Waals surface area contributed by atoms with Gasteiger partial charge in [-0.1, -0.05) is 0 Å². The van der Waals surface area contributed by atoms with Gasteiger partial charge in [-0.3, -0.25) is 4.79 Å². The van der Waals surface area contributed by atoms with E-state index in [9.17, 15) is 4.79 Å². The van der Waals surface area contributed by atoms with Crippen LogP contribution >= 0.6 is 0 Å². The maximum Gasteiger partial charge on any atom is 0.271 e. The molecule has 6 nitrogen and oxygen atoms in total. The van der Waals surface area contributed by atoms with Gasteiger partial charge >= 0.3 is 0 Å². The fraction of sp³-hybridized carbons (Fsp3) is 0.765. The van der Waals surface area contributed by atoms with Crippen molar-refractivity contribution < 1.29 is 14.3 Å². The Hall–Kier alpha value is -1.40. The van der Waals surface area contributed by atoms with E-state index in [2.05, 4.69) is 24.1 Å². The van der Waals surface area contributed by atoms with Crippen LogP contribution in [0, 0.1) is 5.41 Å². The number of ether oxygens (including phenoxy) is 2. The number of hydrogen-bond acceptors (Lipinski definition) is 4. The van der Waals surface area contributed by atoms with Gasteiger partial charge in [-0.2, -0.15) is 0 Å². The minimum Gasteiger partial charge on any atom is -0.381 e. The number of imidazole rings is 1. The summed E-state index contributed by atoms with van der Waals surface area (Å²) in [5.74, 6) is -0.0878. The predicted octanol–water partition coefficient (Wildman–Crippen LogP) is 2.17. The molecule has 23 heavy (non-hydrogen) atoms. The van der Waals surface area contributed by atoms with Crippen molar-refractivity contribution in [2.45, 2.75) is 58.2 Å². The molecule has 1 N–H and O–H groups in total. The highest BCUT2D eigenvalue weighted by Crippen LogP contribution is 2.50. The molecule has 0 bridgehead atoms. The molecule has 1 amide bonds. The Morgan fingerprint density at radius 2 is 2.26 bits per heavy atom. The van der Waals surface area contributed by atoms with E-state index < -0.39 is 0 Å². The molecular weight excluding hydrogens is 294 g/mol. The van der Waals surface area contributed by atoms with Crippen molar-refractivity contribution in [2.24, 2.45) is 5.41 Å². The first-order chi connectivity index (χ1) is 11.1. The smallest absolute Gasteiger partial charge is 0.271 e. The highest BCUT2D eigenvalue weighted by molar-refractivity contribution is 5.92. The second-order valence-electron chi connectivity index (χ2n) is 6.85. The van der Waals surface area contributed by atoms with Gasteiger partial charge in [0.2, 0.25) is 0 Å². The van der Waals surface area contributed by atoms with Crippen LogP contribution in [0.25, 0.3) is 0 Å². The first-order valence-corrected chi connectivity index (χ1v) is 8.60. The van der Waals surface area contributed by atoms with Crippen LogP contribution in [0.2, 0.25) is 0 Å². The molecule has 1 spiro atoms. The number of carbonyl (C=O) groups excluding carboxylic acids is 1. The topological polar surface area (TPSA) is 65.4 Å². The van der Waals surface area contributed by atoms with E-state index in [4.69, 9.17) is 9.47 Å². The van der Waals surface area contributed by atoms with Crippen molar-refractivity contribution in [2.75, 3.05) is 19.8 Å². The number of aromatic nitrogens is 2. The van der Waals surface area contributed by atoms with Crippen LogP contribution in [0.4, 0.5) is 0 Å². The quantitative estimate of drug-likeness (QED) is 0.902. The molecule has 1 aromatic rings. The average molecular weight is 321 g/mol. The van der Waals surface area contributed by atoms with Gasteiger partial charge in [-0.15, -0.1) is 0 Å². The van der Waals surface area contributed by atoms with Crippen LogP contribution in [0.3, 0.4) is 0 Å². The van der Waals surface area contributed by atoms with Crippen molar-refractivity contribution in [3.63, 3.8) is 0 Å². The lowest BCUT2D eigenvalue weighted by atomic mass is 9.57. The Morgan fingerprint density at radius 1 is 1.52 bits per heavy atom. The second kappa shape index (κ2) is 6.61. The fourth-order valence-electron chi connectivity index (χ4n) is 3.78. The SMILES string of the molecule is CCOC1CC(NC(=O)c2cn(C(C)C)cn2)C12CCOCC2. The summed E-state index contributed by atoms with van der Waals surface area (Å²) in [6.07, 6.45) is 6.54. The van der Waals surface area contributed by atoms with Gasteiger partial charge in [0.05, 0.1) is 12.4 Å². The molecule has 0 radical (unpaired) electrons. The molecule has 3 rings (SSSR count). The zero-order chi connectivity index (χ0) is 16.4. The third kappa shape index (κ3) is 3.02. The Labute approximate surface area is 137 Å². The summed E-state index contributed by atoms with van der Waals surface area (Å²) in [6, 6.07) is 0.455. The van der Waals surface area contributed by atoms with E-state index >= 15 is 0 Å². The Bertz CT molecular complexity index is 549. The second-order valence-corrected chi connectivity index (χ2v) is 6.85. The molecular formula is C17H27N3O3. The summed E-state index contributed by atoms with van der Waals surface area (Å²) in [6.45, 7) is 8.37. The van der Waals surface area contributed by atoms with Crippen LogP contribution in [0.1, 0.15) is 56.6 Å². The molecule has 2 aliphatic rings. The first kappa shape index (κ1) is 16.5. The molecule has 1 aliphatic carbocycles. The van der Waals surface area contributed by atoms with Gasteiger partial charge in [0.1, 0.15) is 5.69 Å². The van der Waals surface area contributed by atoms with Crippen molar-refractivity contribution in [1.82, 2.24) is 14.9 Å². The van der Waals surface area contributed by atoms with Gasteiger partial charge < -0.3 is 19.4 Å². The van der Waals surface area contributed by atoms with Gasteiger partial charge in [-0.25, -0.2) is 4.98 Å². The summed E-state index contributed by atoms with van der Waals surface area (Å²) in [7, 11) is 0. The Morgan fingerprint density at radius 3 is 2.87 bits per heavy atom. The van der Waals surface area contributed by atoms with Crippen molar-refractivity contribution >= 4 is 5.91 Å². The molecule has 0 aromatic carbocycles. The van der Waals surface area contributed by atoms with E-state index in [0.29, 0.717) is 18.3 Å². The normalized spacial score (nSPS) is 26.3.